The molecule has 1 unspecified atom stereocenters. The fraction of sp³-hybridized carbons (Fsp3) is 0.818. The van der Waals surface area contributed by atoms with Gasteiger partial charge in [-0.1, -0.05) is 0 Å². The second kappa shape index (κ2) is 3.30. The van der Waals surface area contributed by atoms with E-state index < -0.39 is 0 Å². The van der Waals surface area contributed by atoms with Gasteiger partial charge < -0.3 is 9.88 Å². The van der Waals surface area contributed by atoms with Gasteiger partial charge in [-0.2, -0.15) is 0 Å². The third-order valence-corrected chi connectivity index (χ3v) is 3.85. The molecule has 1 aromatic heterocycles. The SMILES string of the molecule is Cc1nnc(C)n1C1C[C@H]2CC[C@@H](C1)N2. The molecular formula is C11H18N4. The van der Waals surface area contributed by atoms with E-state index in [4.69, 9.17) is 0 Å². The number of hydrogen-bond donors (Lipinski definition) is 1. The Morgan fingerprint density at radius 3 is 2.13 bits per heavy atom. The summed E-state index contributed by atoms with van der Waals surface area (Å²) in [5, 5.41) is 12.0. The minimum Gasteiger partial charge on any atom is -0.312 e. The maximum absolute atomic E-state index is 4.15. The van der Waals surface area contributed by atoms with Gasteiger partial charge in [0.2, 0.25) is 0 Å². The molecule has 0 aromatic carbocycles. The molecule has 4 heteroatoms. The molecule has 2 bridgehead atoms. The summed E-state index contributed by atoms with van der Waals surface area (Å²) >= 11 is 0. The van der Waals surface area contributed by atoms with Gasteiger partial charge in [0.05, 0.1) is 0 Å². The van der Waals surface area contributed by atoms with Crippen LogP contribution in [0.5, 0.6) is 0 Å². The van der Waals surface area contributed by atoms with Crippen molar-refractivity contribution in [2.75, 3.05) is 0 Å². The smallest absolute Gasteiger partial charge is 0.130 e. The molecule has 1 aromatic rings. The zero-order valence-electron chi connectivity index (χ0n) is 9.40. The molecule has 82 valence electrons. The molecule has 2 fully saturated rings. The van der Waals surface area contributed by atoms with Crippen molar-refractivity contribution in [3.63, 3.8) is 0 Å². The van der Waals surface area contributed by atoms with Gasteiger partial charge in [0.1, 0.15) is 11.6 Å². The quantitative estimate of drug-likeness (QED) is 0.754. The monoisotopic (exact) mass is 206 g/mol. The Hall–Kier alpha value is -0.900. The number of hydrogen-bond acceptors (Lipinski definition) is 3. The number of aromatic nitrogens is 3. The first-order valence-corrected chi connectivity index (χ1v) is 5.88. The van der Waals surface area contributed by atoms with E-state index in [-0.39, 0.29) is 0 Å². The normalized spacial score (nSPS) is 34.7. The minimum atomic E-state index is 0.624. The lowest BCUT2D eigenvalue weighted by Gasteiger charge is -2.30. The van der Waals surface area contributed by atoms with Crippen molar-refractivity contribution in [3.05, 3.63) is 11.6 Å². The molecule has 4 nitrogen and oxygen atoms in total. The van der Waals surface area contributed by atoms with Crippen LogP contribution in [0.25, 0.3) is 0 Å². The van der Waals surface area contributed by atoms with Crippen molar-refractivity contribution < 1.29 is 0 Å². The van der Waals surface area contributed by atoms with Crippen molar-refractivity contribution in [2.45, 2.75) is 57.7 Å². The van der Waals surface area contributed by atoms with Gasteiger partial charge in [0, 0.05) is 18.1 Å². The molecule has 2 saturated heterocycles. The van der Waals surface area contributed by atoms with Gasteiger partial charge in [0.15, 0.2) is 0 Å². The molecule has 3 rings (SSSR count). The topological polar surface area (TPSA) is 42.7 Å². The van der Waals surface area contributed by atoms with Crippen LogP contribution in [-0.2, 0) is 0 Å². The summed E-state index contributed by atoms with van der Waals surface area (Å²) in [6.45, 7) is 4.12. The van der Waals surface area contributed by atoms with Gasteiger partial charge in [-0.3, -0.25) is 0 Å². The molecule has 3 heterocycles. The predicted molar refractivity (Wildman–Crippen MR) is 57.7 cm³/mol. The maximum Gasteiger partial charge on any atom is 0.130 e. The number of aryl methyl sites for hydroxylation is 2. The van der Waals surface area contributed by atoms with Crippen LogP contribution in [0.15, 0.2) is 0 Å². The first kappa shape index (κ1) is 9.33. The molecular weight excluding hydrogens is 188 g/mol. The number of nitrogens with one attached hydrogen (secondary N) is 1. The van der Waals surface area contributed by atoms with Crippen LogP contribution in [0.2, 0.25) is 0 Å². The molecule has 0 saturated carbocycles. The lowest BCUT2D eigenvalue weighted by molar-refractivity contribution is 0.292. The van der Waals surface area contributed by atoms with Gasteiger partial charge in [-0.25, -0.2) is 0 Å². The summed E-state index contributed by atoms with van der Waals surface area (Å²) in [4.78, 5) is 0. The molecule has 0 aliphatic carbocycles. The van der Waals surface area contributed by atoms with Gasteiger partial charge >= 0.3 is 0 Å². The van der Waals surface area contributed by atoms with E-state index in [9.17, 15) is 0 Å². The fourth-order valence-electron chi connectivity index (χ4n) is 3.24. The van der Waals surface area contributed by atoms with Crippen molar-refractivity contribution in [1.29, 1.82) is 0 Å². The Balaban J connectivity index is 1.89. The first-order valence-electron chi connectivity index (χ1n) is 5.88. The molecule has 1 N–H and O–H groups in total. The summed E-state index contributed by atoms with van der Waals surface area (Å²) in [5.41, 5.74) is 0. The largest absolute Gasteiger partial charge is 0.312 e. The highest BCUT2D eigenvalue weighted by molar-refractivity contribution is 5.01. The number of piperidine rings is 1. The molecule has 2 aliphatic rings. The Bertz CT molecular complexity index is 339. The predicted octanol–water partition coefficient (Wildman–Crippen LogP) is 1.35. The highest BCUT2D eigenvalue weighted by Crippen LogP contribution is 2.34. The average Bonchev–Trinajstić information content (AvgIpc) is 2.71. The minimum absolute atomic E-state index is 0.624. The third-order valence-electron chi connectivity index (χ3n) is 3.85. The van der Waals surface area contributed by atoms with Crippen LogP contribution in [-0.4, -0.2) is 26.8 Å². The van der Waals surface area contributed by atoms with Crippen LogP contribution in [0, 0.1) is 13.8 Å². The Morgan fingerprint density at radius 2 is 1.60 bits per heavy atom. The summed E-state index contributed by atoms with van der Waals surface area (Å²) in [5.74, 6) is 2.14. The van der Waals surface area contributed by atoms with E-state index in [0.717, 1.165) is 23.7 Å². The van der Waals surface area contributed by atoms with Crippen LogP contribution in [0.4, 0.5) is 0 Å². The molecule has 0 spiro atoms. The third kappa shape index (κ3) is 1.47. The zero-order valence-corrected chi connectivity index (χ0v) is 9.40. The van der Waals surface area contributed by atoms with Gasteiger partial charge in [-0.15, -0.1) is 10.2 Å². The first-order chi connectivity index (χ1) is 7.24. The average molecular weight is 206 g/mol. The van der Waals surface area contributed by atoms with Crippen molar-refractivity contribution in [1.82, 2.24) is 20.1 Å². The zero-order chi connectivity index (χ0) is 10.4. The van der Waals surface area contributed by atoms with E-state index >= 15 is 0 Å². The van der Waals surface area contributed by atoms with Crippen LogP contribution >= 0.6 is 0 Å². The highest BCUT2D eigenvalue weighted by Gasteiger charge is 2.35. The Kier molecular flexibility index (Phi) is 2.06. The Labute approximate surface area is 90.1 Å². The van der Waals surface area contributed by atoms with Crippen LogP contribution in [0.1, 0.15) is 43.4 Å². The van der Waals surface area contributed by atoms with E-state index in [2.05, 4.69) is 33.9 Å². The number of fused-ring (bicyclic) bond motifs is 2. The highest BCUT2D eigenvalue weighted by atomic mass is 15.3. The number of nitrogens with zero attached hydrogens (tertiary/aromatic N) is 3. The summed E-state index contributed by atoms with van der Waals surface area (Å²) in [6, 6.07) is 2.09. The van der Waals surface area contributed by atoms with Crippen LogP contribution < -0.4 is 5.32 Å². The number of rotatable bonds is 1. The molecule has 0 amide bonds. The maximum atomic E-state index is 4.15. The van der Waals surface area contributed by atoms with Crippen molar-refractivity contribution >= 4 is 0 Å². The second-order valence-corrected chi connectivity index (χ2v) is 4.93. The standard InChI is InChI=1S/C11H18N4/c1-7-13-14-8(2)15(7)11-5-9-3-4-10(6-11)12-9/h9-12H,3-6H2,1-2H3/t9-,10+,11?. The van der Waals surface area contributed by atoms with Crippen molar-refractivity contribution in [3.8, 4) is 0 Å². The second-order valence-electron chi connectivity index (χ2n) is 4.93. The molecule has 0 radical (unpaired) electrons. The van der Waals surface area contributed by atoms with E-state index in [1.807, 2.05) is 0 Å². The van der Waals surface area contributed by atoms with Gasteiger partial charge in [-0.05, 0) is 39.5 Å². The lowest BCUT2D eigenvalue weighted by Crippen LogP contribution is -2.39. The molecule has 15 heavy (non-hydrogen) atoms. The summed E-state index contributed by atoms with van der Waals surface area (Å²) in [7, 11) is 0. The summed E-state index contributed by atoms with van der Waals surface area (Å²) < 4.78 is 2.33. The van der Waals surface area contributed by atoms with Crippen molar-refractivity contribution in [2.24, 2.45) is 0 Å². The summed E-state index contributed by atoms with van der Waals surface area (Å²) in [6.07, 6.45) is 5.19. The van der Waals surface area contributed by atoms with E-state index in [1.54, 1.807) is 0 Å². The Morgan fingerprint density at radius 1 is 1.07 bits per heavy atom. The fourth-order valence-corrected chi connectivity index (χ4v) is 3.24. The van der Waals surface area contributed by atoms with E-state index in [1.165, 1.54) is 25.7 Å². The molecule has 2 aliphatic heterocycles. The van der Waals surface area contributed by atoms with Crippen LogP contribution in [0.3, 0.4) is 0 Å². The van der Waals surface area contributed by atoms with Gasteiger partial charge in [0.25, 0.3) is 0 Å². The molecule has 3 atom stereocenters. The lowest BCUT2D eigenvalue weighted by atomic mass is 9.99. The van der Waals surface area contributed by atoms with E-state index in [0.29, 0.717) is 6.04 Å².